The van der Waals surface area contributed by atoms with Crippen LogP contribution in [0.4, 0.5) is 26.4 Å². The van der Waals surface area contributed by atoms with Gasteiger partial charge in [0.25, 0.3) is 0 Å². The number of imidazole rings is 1. The van der Waals surface area contributed by atoms with Gasteiger partial charge in [0.15, 0.2) is 5.82 Å². The Kier molecular flexibility index (Phi) is 8.65. The molecular formula is C30H41FN6O3. The van der Waals surface area contributed by atoms with Gasteiger partial charge in [-0.15, -0.1) is 0 Å². The summed E-state index contributed by atoms with van der Waals surface area (Å²) in [6, 6.07) is 1.54. The first-order valence-corrected chi connectivity index (χ1v) is 14.1. The van der Waals surface area contributed by atoms with E-state index in [1.165, 1.54) is 0 Å². The van der Waals surface area contributed by atoms with Crippen molar-refractivity contribution in [2.45, 2.75) is 79.8 Å². The molecule has 0 saturated heterocycles. The maximum Gasteiger partial charge on any atom is 0.327 e. The van der Waals surface area contributed by atoms with Gasteiger partial charge in [-0.3, -0.25) is 9.69 Å². The van der Waals surface area contributed by atoms with Crippen molar-refractivity contribution in [2.75, 3.05) is 34.8 Å². The van der Waals surface area contributed by atoms with E-state index in [-0.39, 0.29) is 17.6 Å². The molecule has 3 aromatic heterocycles. The maximum atomic E-state index is 15.1. The van der Waals surface area contributed by atoms with E-state index in [4.69, 9.17) is 4.74 Å². The number of carbonyl (C=O) groups excluding carboxylic acids is 2. The number of ether oxygens (including phenoxy) is 1. The minimum Gasteiger partial charge on any atom is -0.460 e. The first-order chi connectivity index (χ1) is 18.9. The van der Waals surface area contributed by atoms with E-state index >= 15 is 4.39 Å². The number of nitrogens with zero attached hydrogens (tertiary/aromatic N) is 5. The second-order valence-corrected chi connectivity index (χ2v) is 11.5. The smallest absolute Gasteiger partial charge is 0.327 e. The minimum atomic E-state index is -0.519. The first kappa shape index (κ1) is 29.3. The predicted molar refractivity (Wildman–Crippen MR) is 156 cm³/mol. The first-order valence-electron chi connectivity index (χ1n) is 14.1. The molecule has 0 radical (unpaired) electrons. The van der Waals surface area contributed by atoms with E-state index < -0.39 is 17.4 Å². The number of pyridine rings is 2. The maximum absolute atomic E-state index is 15.1. The molecule has 9 nitrogen and oxygen atoms in total. The number of hydrogen-bond donors (Lipinski definition) is 1. The third-order valence-electron chi connectivity index (χ3n) is 7.17. The normalized spacial score (nSPS) is 13.8. The Morgan fingerprint density at radius 2 is 1.95 bits per heavy atom. The van der Waals surface area contributed by atoms with Crippen LogP contribution in [0.25, 0.3) is 5.65 Å². The van der Waals surface area contributed by atoms with Crippen molar-refractivity contribution in [1.29, 1.82) is 0 Å². The second-order valence-electron chi connectivity index (χ2n) is 11.5. The largest absolute Gasteiger partial charge is 0.460 e. The lowest BCUT2D eigenvalue weighted by Crippen LogP contribution is -2.34. The molecular weight excluding hydrogens is 511 g/mol. The number of aryl methyl sites for hydroxylation is 2. The van der Waals surface area contributed by atoms with Gasteiger partial charge in [-0.25, -0.2) is 19.2 Å². The van der Waals surface area contributed by atoms with Gasteiger partial charge in [-0.1, -0.05) is 13.8 Å². The third kappa shape index (κ3) is 6.21. The van der Waals surface area contributed by atoms with Crippen LogP contribution in [0.3, 0.4) is 0 Å². The molecule has 4 heterocycles. The van der Waals surface area contributed by atoms with E-state index in [0.717, 1.165) is 29.9 Å². The van der Waals surface area contributed by atoms with Crippen molar-refractivity contribution in [3.8, 4) is 0 Å². The van der Waals surface area contributed by atoms with Crippen molar-refractivity contribution < 1.29 is 18.7 Å². The number of hydrogen-bond acceptors (Lipinski definition) is 6. The molecule has 10 heteroatoms. The van der Waals surface area contributed by atoms with Crippen LogP contribution in [0.1, 0.15) is 70.7 Å². The monoisotopic (exact) mass is 552 g/mol. The Labute approximate surface area is 235 Å². The zero-order valence-electron chi connectivity index (χ0n) is 24.7. The number of esters is 1. The molecule has 1 unspecified atom stereocenters. The highest BCUT2D eigenvalue weighted by Crippen LogP contribution is 2.35. The summed E-state index contributed by atoms with van der Waals surface area (Å²) in [5, 5.41) is 2.75. The van der Waals surface area contributed by atoms with Crippen LogP contribution in [0.5, 0.6) is 0 Å². The summed E-state index contributed by atoms with van der Waals surface area (Å²) in [4.78, 5) is 38.8. The van der Waals surface area contributed by atoms with Gasteiger partial charge >= 0.3 is 12.0 Å². The van der Waals surface area contributed by atoms with Gasteiger partial charge in [0.1, 0.15) is 17.1 Å². The van der Waals surface area contributed by atoms with Gasteiger partial charge in [-0.05, 0) is 66.4 Å². The van der Waals surface area contributed by atoms with E-state index in [9.17, 15) is 9.59 Å². The molecule has 40 heavy (non-hydrogen) atoms. The number of fused-ring (bicyclic) bond motifs is 2. The summed E-state index contributed by atoms with van der Waals surface area (Å²) in [5.74, 6) is -0.282. The molecule has 0 spiro atoms. The molecule has 0 bridgehead atoms. The summed E-state index contributed by atoms with van der Waals surface area (Å²) < 4.78 is 22.5. The fraction of sp³-hybridized carbons (Fsp3) is 0.533. The van der Waals surface area contributed by atoms with Crippen molar-refractivity contribution in [3.05, 3.63) is 47.3 Å². The summed E-state index contributed by atoms with van der Waals surface area (Å²) >= 11 is 0. The number of anilines is 3. The van der Waals surface area contributed by atoms with E-state index in [1.807, 2.05) is 40.7 Å². The van der Waals surface area contributed by atoms with Crippen molar-refractivity contribution in [1.82, 2.24) is 14.4 Å². The van der Waals surface area contributed by atoms with Crippen molar-refractivity contribution in [3.63, 3.8) is 0 Å². The Balaban J connectivity index is 1.53. The van der Waals surface area contributed by atoms with Crippen molar-refractivity contribution in [2.24, 2.45) is 5.92 Å². The van der Waals surface area contributed by atoms with Gasteiger partial charge in [-0.2, -0.15) is 0 Å². The number of carbonyl (C=O) groups is 2. The minimum absolute atomic E-state index is 0.0948. The predicted octanol–water partition coefficient (Wildman–Crippen LogP) is 6.05. The van der Waals surface area contributed by atoms with Gasteiger partial charge in [0, 0.05) is 55.0 Å². The van der Waals surface area contributed by atoms with Gasteiger partial charge in [0.05, 0.1) is 17.3 Å². The fourth-order valence-electron chi connectivity index (χ4n) is 5.23. The number of halogens is 1. The number of aromatic nitrogens is 3. The number of urea groups is 1. The molecule has 1 atom stereocenters. The van der Waals surface area contributed by atoms with Crippen LogP contribution in [0, 0.1) is 25.6 Å². The highest BCUT2D eigenvalue weighted by atomic mass is 19.1. The fourth-order valence-corrected chi connectivity index (χ4v) is 5.23. The third-order valence-corrected chi connectivity index (χ3v) is 7.17. The Morgan fingerprint density at radius 1 is 1.20 bits per heavy atom. The highest BCUT2D eigenvalue weighted by Gasteiger charge is 2.31. The molecule has 1 aliphatic heterocycles. The van der Waals surface area contributed by atoms with Crippen LogP contribution < -0.4 is 15.1 Å². The van der Waals surface area contributed by atoms with Gasteiger partial charge < -0.3 is 19.4 Å². The van der Waals surface area contributed by atoms with E-state index in [1.54, 1.807) is 34.8 Å². The summed E-state index contributed by atoms with van der Waals surface area (Å²) in [6.07, 6.45) is 7.99. The van der Waals surface area contributed by atoms with Crippen LogP contribution >= 0.6 is 0 Å². The second kappa shape index (κ2) is 11.8. The average Bonchev–Trinajstić information content (AvgIpc) is 3.49. The van der Waals surface area contributed by atoms with Crippen molar-refractivity contribution >= 4 is 34.8 Å². The van der Waals surface area contributed by atoms with Crippen LogP contribution in [0.2, 0.25) is 0 Å². The lowest BCUT2D eigenvalue weighted by Gasteiger charge is -2.29. The summed E-state index contributed by atoms with van der Waals surface area (Å²) in [7, 11) is 0. The molecule has 4 rings (SSSR count). The number of amides is 2. The topological polar surface area (TPSA) is 92.1 Å². The zero-order valence-corrected chi connectivity index (χ0v) is 24.7. The molecule has 0 fully saturated rings. The highest BCUT2D eigenvalue weighted by molar-refractivity contribution is 6.03. The molecule has 0 aliphatic carbocycles. The molecule has 0 saturated carbocycles. The van der Waals surface area contributed by atoms with Crippen LogP contribution in [-0.4, -0.2) is 51.6 Å². The molecule has 3 aromatic rings. The Hall–Kier alpha value is -3.69. The average molecular weight is 553 g/mol. The van der Waals surface area contributed by atoms with Crippen LogP contribution in [-0.2, 0) is 16.0 Å². The summed E-state index contributed by atoms with van der Waals surface area (Å²) in [5.41, 5.74) is 3.24. The Morgan fingerprint density at radius 3 is 2.62 bits per heavy atom. The zero-order chi connectivity index (χ0) is 29.2. The molecule has 216 valence electrons. The standard InChI is InChI=1S/C30H41FN6O3/c1-8-14-35(15-11-21(9-2)28(38)40-30(5,6)7)24-10-13-32-27-22(24)12-16-37(27)29(39)34-23-18-36-17-19(3)33-26(36)20(4)25(23)31/h10,13,17-18,21H,8-9,11-12,14-16H2,1-7H3,(H,34,39). The number of nitrogens with one attached hydrogen (secondary N) is 1. The Bertz CT molecular complexity index is 1400. The molecule has 1 N–H and O–H groups in total. The lowest BCUT2D eigenvalue weighted by atomic mass is 10.0. The lowest BCUT2D eigenvalue weighted by molar-refractivity contribution is -0.160. The van der Waals surface area contributed by atoms with E-state index in [2.05, 4.69) is 27.1 Å². The molecule has 0 aromatic carbocycles. The van der Waals surface area contributed by atoms with Crippen LogP contribution in [0.15, 0.2) is 24.7 Å². The quantitative estimate of drug-likeness (QED) is 0.325. The van der Waals surface area contributed by atoms with Gasteiger partial charge in [0.2, 0.25) is 0 Å². The molecule has 2 amide bonds. The SMILES string of the molecule is CCCN(CCC(CC)C(=O)OC(C)(C)C)c1ccnc2c1CCN2C(=O)Nc1cn2cc(C)nc2c(C)c1F. The number of rotatable bonds is 9. The van der Waals surface area contributed by atoms with E-state index in [0.29, 0.717) is 49.4 Å². The molecule has 1 aliphatic rings. The summed E-state index contributed by atoms with van der Waals surface area (Å²) in [6.45, 7) is 15.2.